The van der Waals surface area contributed by atoms with Gasteiger partial charge in [-0.05, 0) is 12.1 Å². The zero-order valence-electron chi connectivity index (χ0n) is 7.62. The van der Waals surface area contributed by atoms with Crippen molar-refractivity contribution in [3.8, 4) is 11.1 Å². The van der Waals surface area contributed by atoms with Crippen LogP contribution in [0.1, 0.15) is 0 Å². The summed E-state index contributed by atoms with van der Waals surface area (Å²) in [6, 6.07) is 16.6. The smallest absolute Gasteiger partial charge is 0.0619 e. The van der Waals surface area contributed by atoms with Gasteiger partial charge in [0, 0.05) is 11.1 Å². The van der Waals surface area contributed by atoms with Crippen LogP contribution in [-0.4, -0.2) is 0 Å². The quantitative estimate of drug-likeness (QED) is 0.654. The monoisotopic (exact) mass is 182 g/mol. The van der Waals surface area contributed by atoms with E-state index in [4.69, 9.17) is 0 Å². The van der Waals surface area contributed by atoms with Gasteiger partial charge in [-0.3, -0.25) is 0 Å². The molecule has 2 aromatic rings. The largest absolute Gasteiger partial charge is 0.300 e. The van der Waals surface area contributed by atoms with E-state index in [1.54, 1.807) is 0 Å². The fraction of sp³-hybridized carbons (Fsp3) is 0. The Morgan fingerprint density at radius 1 is 0.571 bits per heavy atom. The van der Waals surface area contributed by atoms with Crippen molar-refractivity contribution in [2.24, 2.45) is 0 Å². The number of hydrazine groups is 1. The van der Waals surface area contributed by atoms with Gasteiger partial charge < -0.3 is 10.9 Å². The summed E-state index contributed by atoms with van der Waals surface area (Å²) in [5, 5.41) is 0. The molecule has 68 valence electrons. The fourth-order valence-corrected chi connectivity index (χ4v) is 1.79. The average molecular weight is 182 g/mol. The molecule has 0 amide bonds. The topological polar surface area (TPSA) is 24.1 Å². The number of benzene rings is 2. The van der Waals surface area contributed by atoms with Crippen LogP contribution in [0.15, 0.2) is 48.5 Å². The van der Waals surface area contributed by atoms with Crippen molar-refractivity contribution in [3.63, 3.8) is 0 Å². The first kappa shape index (κ1) is 7.44. The molecule has 1 heterocycles. The number of anilines is 2. The number of hydrogen-bond donors (Lipinski definition) is 2. The summed E-state index contributed by atoms with van der Waals surface area (Å²) in [6.07, 6.45) is 0. The number of para-hydroxylation sites is 2. The minimum atomic E-state index is 1.13. The Morgan fingerprint density at radius 3 is 1.50 bits per heavy atom. The van der Waals surface area contributed by atoms with E-state index in [0.717, 1.165) is 11.4 Å². The van der Waals surface area contributed by atoms with Crippen molar-refractivity contribution < 1.29 is 0 Å². The van der Waals surface area contributed by atoms with Gasteiger partial charge in [-0.25, -0.2) is 0 Å². The third-order valence-corrected chi connectivity index (χ3v) is 2.48. The Labute approximate surface area is 82.6 Å². The van der Waals surface area contributed by atoms with Crippen LogP contribution in [0.25, 0.3) is 11.1 Å². The fourth-order valence-electron chi connectivity index (χ4n) is 1.79. The molecule has 1 aliphatic heterocycles. The van der Waals surface area contributed by atoms with Crippen LogP contribution < -0.4 is 10.9 Å². The molecule has 14 heavy (non-hydrogen) atoms. The number of rotatable bonds is 0. The molecular formula is C12H10N2. The van der Waals surface area contributed by atoms with Gasteiger partial charge >= 0.3 is 0 Å². The zero-order valence-corrected chi connectivity index (χ0v) is 7.62. The second-order valence-corrected chi connectivity index (χ2v) is 3.34. The van der Waals surface area contributed by atoms with Crippen LogP contribution >= 0.6 is 0 Å². The van der Waals surface area contributed by atoms with Crippen LogP contribution in [-0.2, 0) is 0 Å². The van der Waals surface area contributed by atoms with Gasteiger partial charge in [-0.1, -0.05) is 36.4 Å². The number of nitrogens with one attached hydrogen (secondary N) is 2. The molecule has 0 aliphatic carbocycles. The molecule has 2 N–H and O–H groups in total. The molecule has 1 aliphatic rings. The highest BCUT2D eigenvalue weighted by molar-refractivity contribution is 5.90. The van der Waals surface area contributed by atoms with E-state index in [-0.39, 0.29) is 0 Å². The molecule has 2 nitrogen and oxygen atoms in total. The van der Waals surface area contributed by atoms with Gasteiger partial charge in [0.05, 0.1) is 11.4 Å². The van der Waals surface area contributed by atoms with E-state index in [2.05, 4.69) is 47.2 Å². The predicted octanol–water partition coefficient (Wildman–Crippen LogP) is 3.11. The first-order valence-corrected chi connectivity index (χ1v) is 4.65. The third kappa shape index (κ3) is 0.973. The first-order valence-electron chi connectivity index (χ1n) is 4.65. The lowest BCUT2D eigenvalue weighted by Gasteiger charge is -2.22. The van der Waals surface area contributed by atoms with Gasteiger partial charge in [0.15, 0.2) is 0 Å². The summed E-state index contributed by atoms with van der Waals surface area (Å²) >= 11 is 0. The molecule has 0 spiro atoms. The molecule has 0 aromatic heterocycles. The van der Waals surface area contributed by atoms with Gasteiger partial charge in [0.25, 0.3) is 0 Å². The first-order chi connectivity index (χ1) is 6.95. The second kappa shape index (κ2) is 2.77. The Morgan fingerprint density at radius 2 is 1.00 bits per heavy atom. The highest BCUT2D eigenvalue weighted by Gasteiger charge is 2.12. The highest BCUT2D eigenvalue weighted by atomic mass is 15.4. The van der Waals surface area contributed by atoms with E-state index in [9.17, 15) is 0 Å². The SMILES string of the molecule is c1ccc2c(c1)NNc1ccccc1-2. The normalized spacial score (nSPS) is 12.0. The molecule has 2 heteroatoms. The van der Waals surface area contributed by atoms with Crippen molar-refractivity contribution in [1.29, 1.82) is 0 Å². The lowest BCUT2D eigenvalue weighted by Crippen LogP contribution is -2.14. The average Bonchev–Trinajstić information content (AvgIpc) is 2.29. The Balaban J connectivity index is 2.29. The Kier molecular flexibility index (Phi) is 1.47. The summed E-state index contributed by atoms with van der Waals surface area (Å²) in [5.74, 6) is 0. The molecule has 2 aromatic carbocycles. The summed E-state index contributed by atoms with van der Waals surface area (Å²) in [6.45, 7) is 0. The van der Waals surface area contributed by atoms with Gasteiger partial charge in [0.1, 0.15) is 0 Å². The van der Waals surface area contributed by atoms with Crippen molar-refractivity contribution in [2.75, 3.05) is 10.9 Å². The van der Waals surface area contributed by atoms with E-state index < -0.39 is 0 Å². The lowest BCUT2D eigenvalue weighted by molar-refractivity contribution is 1.37. The molecule has 0 radical (unpaired) electrons. The van der Waals surface area contributed by atoms with Crippen molar-refractivity contribution >= 4 is 11.4 Å². The predicted molar refractivity (Wildman–Crippen MR) is 59.1 cm³/mol. The third-order valence-electron chi connectivity index (χ3n) is 2.48. The summed E-state index contributed by atoms with van der Waals surface area (Å²) in [7, 11) is 0. The number of hydrogen-bond acceptors (Lipinski definition) is 2. The second-order valence-electron chi connectivity index (χ2n) is 3.34. The van der Waals surface area contributed by atoms with Gasteiger partial charge in [-0.2, -0.15) is 0 Å². The van der Waals surface area contributed by atoms with Gasteiger partial charge in [0.2, 0.25) is 0 Å². The van der Waals surface area contributed by atoms with Crippen LogP contribution in [0, 0.1) is 0 Å². The maximum atomic E-state index is 3.17. The van der Waals surface area contributed by atoms with Crippen molar-refractivity contribution in [1.82, 2.24) is 0 Å². The molecule has 0 atom stereocenters. The van der Waals surface area contributed by atoms with Crippen LogP contribution in [0.2, 0.25) is 0 Å². The van der Waals surface area contributed by atoms with E-state index in [0.29, 0.717) is 0 Å². The van der Waals surface area contributed by atoms with E-state index in [1.165, 1.54) is 11.1 Å². The minimum Gasteiger partial charge on any atom is -0.300 e. The standard InChI is InChI=1S/C12H10N2/c1-3-7-11-9(5-1)10-6-2-4-8-12(10)14-13-11/h1-8,13-14H. The summed E-state index contributed by atoms with van der Waals surface area (Å²) < 4.78 is 0. The van der Waals surface area contributed by atoms with Crippen LogP contribution in [0.3, 0.4) is 0 Å². The van der Waals surface area contributed by atoms with Crippen LogP contribution in [0.5, 0.6) is 0 Å². The van der Waals surface area contributed by atoms with E-state index in [1.807, 2.05) is 12.1 Å². The Hall–Kier alpha value is -1.96. The van der Waals surface area contributed by atoms with E-state index >= 15 is 0 Å². The summed E-state index contributed by atoms with van der Waals surface area (Å²) in [4.78, 5) is 0. The summed E-state index contributed by atoms with van der Waals surface area (Å²) in [5.41, 5.74) is 11.1. The molecule has 0 bridgehead atoms. The molecule has 0 saturated carbocycles. The molecule has 0 fully saturated rings. The molecule has 0 unspecified atom stereocenters. The maximum absolute atomic E-state index is 3.17. The maximum Gasteiger partial charge on any atom is 0.0619 e. The van der Waals surface area contributed by atoms with Crippen molar-refractivity contribution in [2.45, 2.75) is 0 Å². The lowest BCUT2D eigenvalue weighted by atomic mass is 10.0. The van der Waals surface area contributed by atoms with Crippen LogP contribution in [0.4, 0.5) is 11.4 Å². The minimum absolute atomic E-state index is 1.13. The zero-order chi connectivity index (χ0) is 9.38. The Bertz CT molecular complexity index is 432. The van der Waals surface area contributed by atoms with Crippen molar-refractivity contribution in [3.05, 3.63) is 48.5 Å². The molecule has 0 saturated heterocycles. The molecular weight excluding hydrogens is 172 g/mol. The highest BCUT2D eigenvalue weighted by Crippen LogP contribution is 2.36. The molecule has 3 rings (SSSR count). The number of fused-ring (bicyclic) bond motifs is 3. The van der Waals surface area contributed by atoms with Gasteiger partial charge in [-0.15, -0.1) is 0 Å².